The molecule has 1 aliphatic heterocycles. The van der Waals surface area contributed by atoms with Crippen LogP contribution < -0.4 is 21.3 Å². The highest BCUT2D eigenvalue weighted by Crippen LogP contribution is 2.40. The van der Waals surface area contributed by atoms with Crippen LogP contribution in [0.3, 0.4) is 0 Å². The standard InChI is InChI=1S/C32H35F4N5O5.2C4H10/c33-24-7-2-1-4-20(24)16-26(42)39-18-27(43)41-31(30(45)38-13-12-37-29(44)19-9-14-46-15-10-19)11-8-25-22(17-31)21-5-3-6-23(28(21)40-25)32(34,35)36;2*1-3-4-2/h1-7,19,40H,8-18H2,(H,37,44)(H,38,45)(H,39,42)(H,41,43);2*3-4H2,1-2H3/t31-;;/m1../s1. The van der Waals surface area contributed by atoms with E-state index in [4.69, 9.17) is 4.74 Å². The van der Waals surface area contributed by atoms with Gasteiger partial charge in [-0.05, 0) is 48.9 Å². The molecular weight excluding hydrogens is 706 g/mol. The zero-order valence-electron chi connectivity index (χ0n) is 31.8. The normalized spacial score (nSPS) is 16.8. The van der Waals surface area contributed by atoms with Crippen molar-refractivity contribution in [1.29, 1.82) is 0 Å². The molecule has 5 rings (SSSR count). The Hall–Kier alpha value is -4.46. The van der Waals surface area contributed by atoms with E-state index in [1.165, 1.54) is 56.0 Å². The molecule has 1 aliphatic carbocycles. The lowest BCUT2D eigenvalue weighted by Crippen LogP contribution is -2.63. The summed E-state index contributed by atoms with van der Waals surface area (Å²) in [5, 5.41) is 11.0. The molecule has 10 nitrogen and oxygen atoms in total. The van der Waals surface area contributed by atoms with E-state index in [1.54, 1.807) is 6.07 Å². The van der Waals surface area contributed by atoms with Crippen LogP contribution in [0.5, 0.6) is 0 Å². The predicted molar refractivity (Wildman–Crippen MR) is 200 cm³/mol. The second-order valence-corrected chi connectivity index (χ2v) is 13.6. The summed E-state index contributed by atoms with van der Waals surface area (Å²) in [4.78, 5) is 54.7. The Morgan fingerprint density at radius 1 is 0.852 bits per heavy atom. The fourth-order valence-corrected chi connectivity index (χ4v) is 6.07. The molecule has 14 heteroatoms. The molecule has 5 N–H and O–H groups in total. The Balaban J connectivity index is 0.000000892. The number of rotatable bonds is 12. The number of unbranched alkanes of at least 4 members (excludes halogenated alkanes) is 2. The summed E-state index contributed by atoms with van der Waals surface area (Å²) in [7, 11) is 0. The zero-order valence-corrected chi connectivity index (χ0v) is 31.8. The minimum atomic E-state index is -4.61. The van der Waals surface area contributed by atoms with Gasteiger partial charge in [0.15, 0.2) is 0 Å². The van der Waals surface area contributed by atoms with Crippen LogP contribution in [-0.2, 0) is 49.4 Å². The van der Waals surface area contributed by atoms with Gasteiger partial charge in [-0.1, -0.05) is 83.7 Å². The molecule has 2 aromatic carbocycles. The summed E-state index contributed by atoms with van der Waals surface area (Å²) in [5.41, 5.74) is -1.34. The minimum Gasteiger partial charge on any atom is -0.381 e. The van der Waals surface area contributed by atoms with E-state index in [0.29, 0.717) is 37.3 Å². The van der Waals surface area contributed by atoms with Gasteiger partial charge in [0, 0.05) is 49.7 Å². The number of hydrogen-bond acceptors (Lipinski definition) is 5. The maximum absolute atomic E-state index is 14.0. The lowest BCUT2D eigenvalue weighted by molar-refractivity contribution is -0.136. The number of ether oxygens (including phenoxy) is 1. The molecule has 0 bridgehead atoms. The lowest BCUT2D eigenvalue weighted by atomic mass is 9.78. The number of carbonyl (C=O) groups excluding carboxylic acids is 4. The molecule has 54 heavy (non-hydrogen) atoms. The SMILES string of the molecule is CCCC.CCCC.O=C(Cc1ccccc1F)NCC(=O)N[C@]1(C(=O)NCCNC(=O)C2CCOCC2)CCc2[nH]c3c(C(F)(F)F)cccc3c2C1. The minimum absolute atomic E-state index is 0.0454. The van der Waals surface area contributed by atoms with Crippen LogP contribution in [-0.4, -0.2) is 67.0 Å². The number of carbonyl (C=O) groups is 4. The summed E-state index contributed by atoms with van der Waals surface area (Å²) in [6.07, 6.45) is 1.69. The summed E-state index contributed by atoms with van der Waals surface area (Å²) < 4.78 is 60.5. The van der Waals surface area contributed by atoms with Crippen LogP contribution in [0, 0.1) is 11.7 Å². The average Bonchev–Trinajstić information content (AvgIpc) is 3.54. The predicted octanol–water partition coefficient (Wildman–Crippen LogP) is 6.30. The Morgan fingerprint density at radius 3 is 2.13 bits per heavy atom. The maximum Gasteiger partial charge on any atom is 0.418 e. The Labute approximate surface area is 314 Å². The first kappa shape index (κ1) is 43.9. The third kappa shape index (κ3) is 12.6. The molecule has 0 unspecified atom stereocenters. The second kappa shape index (κ2) is 21.4. The molecular formula is C40H55F4N5O5. The fourth-order valence-electron chi connectivity index (χ4n) is 6.07. The number of nitrogens with one attached hydrogen (secondary N) is 5. The summed E-state index contributed by atoms with van der Waals surface area (Å²) >= 11 is 0. The number of halogens is 4. The molecule has 2 heterocycles. The van der Waals surface area contributed by atoms with Gasteiger partial charge in [0.2, 0.25) is 23.6 Å². The van der Waals surface area contributed by atoms with Gasteiger partial charge < -0.3 is 31.0 Å². The molecule has 3 aromatic rings. The van der Waals surface area contributed by atoms with Crippen molar-refractivity contribution in [3.05, 3.63) is 70.7 Å². The molecule has 1 atom stereocenters. The number of aryl methyl sites for hydroxylation is 1. The monoisotopic (exact) mass is 761 g/mol. The van der Waals surface area contributed by atoms with Crippen molar-refractivity contribution in [2.24, 2.45) is 5.92 Å². The largest absolute Gasteiger partial charge is 0.418 e. The van der Waals surface area contributed by atoms with Gasteiger partial charge in [-0.3, -0.25) is 19.2 Å². The summed E-state index contributed by atoms with van der Waals surface area (Å²) in [5.74, 6) is -2.78. The van der Waals surface area contributed by atoms with Crippen molar-refractivity contribution in [1.82, 2.24) is 26.3 Å². The van der Waals surface area contributed by atoms with Crippen LogP contribution in [0.1, 0.15) is 95.0 Å². The van der Waals surface area contributed by atoms with Crippen molar-refractivity contribution in [2.45, 2.75) is 104 Å². The molecule has 1 saturated heterocycles. The molecule has 1 fully saturated rings. The van der Waals surface area contributed by atoms with E-state index in [0.717, 1.165) is 6.07 Å². The molecule has 298 valence electrons. The van der Waals surface area contributed by atoms with Crippen LogP contribution in [0.4, 0.5) is 17.6 Å². The number of aromatic nitrogens is 1. The van der Waals surface area contributed by atoms with Crippen molar-refractivity contribution in [2.75, 3.05) is 32.8 Å². The number of aromatic amines is 1. The van der Waals surface area contributed by atoms with Crippen LogP contribution in [0.15, 0.2) is 42.5 Å². The molecule has 2 aliphatic rings. The highest BCUT2D eigenvalue weighted by Gasteiger charge is 2.44. The lowest BCUT2D eigenvalue weighted by Gasteiger charge is -2.37. The number of para-hydroxylation sites is 1. The molecule has 0 radical (unpaired) electrons. The molecule has 4 amide bonds. The topological polar surface area (TPSA) is 141 Å². The highest BCUT2D eigenvalue weighted by molar-refractivity contribution is 5.96. The van der Waals surface area contributed by atoms with Gasteiger partial charge in [-0.2, -0.15) is 13.2 Å². The van der Waals surface area contributed by atoms with Crippen molar-refractivity contribution < 1.29 is 41.5 Å². The Kier molecular flexibility index (Phi) is 17.4. The number of alkyl halides is 3. The highest BCUT2D eigenvalue weighted by atomic mass is 19.4. The Bertz CT molecular complexity index is 1680. The van der Waals surface area contributed by atoms with Gasteiger partial charge in [-0.25, -0.2) is 4.39 Å². The number of fused-ring (bicyclic) bond motifs is 3. The van der Waals surface area contributed by atoms with Gasteiger partial charge in [0.25, 0.3) is 0 Å². The van der Waals surface area contributed by atoms with E-state index >= 15 is 0 Å². The van der Waals surface area contributed by atoms with Crippen LogP contribution >= 0.6 is 0 Å². The van der Waals surface area contributed by atoms with E-state index < -0.39 is 47.4 Å². The fraction of sp³-hybridized carbons (Fsp3) is 0.550. The maximum atomic E-state index is 14.0. The average molecular weight is 762 g/mol. The van der Waals surface area contributed by atoms with Crippen molar-refractivity contribution in [3.63, 3.8) is 0 Å². The van der Waals surface area contributed by atoms with Gasteiger partial charge in [-0.15, -0.1) is 0 Å². The first-order chi connectivity index (χ1) is 25.8. The third-order valence-corrected chi connectivity index (χ3v) is 9.49. The van der Waals surface area contributed by atoms with E-state index in [-0.39, 0.29) is 67.1 Å². The first-order valence-corrected chi connectivity index (χ1v) is 18.9. The van der Waals surface area contributed by atoms with Gasteiger partial charge >= 0.3 is 6.18 Å². The first-order valence-electron chi connectivity index (χ1n) is 18.9. The summed E-state index contributed by atoms with van der Waals surface area (Å²) in [6, 6.07) is 9.54. The zero-order chi connectivity index (χ0) is 39.7. The van der Waals surface area contributed by atoms with Gasteiger partial charge in [0.1, 0.15) is 11.4 Å². The molecule has 1 aromatic heterocycles. The van der Waals surface area contributed by atoms with Crippen LogP contribution in [0.25, 0.3) is 10.9 Å². The molecule has 0 saturated carbocycles. The summed E-state index contributed by atoms with van der Waals surface area (Å²) in [6.45, 7) is 9.39. The number of H-pyrrole nitrogens is 1. The van der Waals surface area contributed by atoms with E-state index in [1.807, 2.05) is 0 Å². The van der Waals surface area contributed by atoms with Crippen molar-refractivity contribution >= 4 is 34.5 Å². The quantitative estimate of drug-likeness (QED) is 0.109. The number of benzene rings is 2. The number of amides is 4. The van der Waals surface area contributed by atoms with E-state index in [2.05, 4.69) is 53.9 Å². The second-order valence-electron chi connectivity index (χ2n) is 13.6. The third-order valence-electron chi connectivity index (χ3n) is 9.49. The molecule has 0 spiro atoms. The van der Waals surface area contributed by atoms with E-state index in [9.17, 15) is 36.7 Å². The smallest absolute Gasteiger partial charge is 0.381 e. The van der Waals surface area contributed by atoms with Crippen molar-refractivity contribution in [3.8, 4) is 0 Å². The van der Waals surface area contributed by atoms with Gasteiger partial charge in [0.05, 0.1) is 24.0 Å². The Morgan fingerprint density at radius 2 is 1.50 bits per heavy atom. The van der Waals surface area contributed by atoms with Crippen LogP contribution in [0.2, 0.25) is 0 Å². The number of hydrogen-bond donors (Lipinski definition) is 5.